The van der Waals surface area contributed by atoms with E-state index < -0.39 is 0 Å². The number of morpholine rings is 1. The van der Waals surface area contributed by atoms with Gasteiger partial charge in [-0.15, -0.1) is 0 Å². The third kappa shape index (κ3) is 5.49. The molecular formula is C23H30N2O3. The molecule has 150 valence electrons. The highest BCUT2D eigenvalue weighted by molar-refractivity contribution is 5.94. The molecule has 2 aromatic carbocycles. The van der Waals surface area contributed by atoms with E-state index in [1.165, 1.54) is 5.69 Å². The molecule has 0 aliphatic carbocycles. The molecule has 1 saturated heterocycles. The maximum absolute atomic E-state index is 12.7. The Hall–Kier alpha value is -2.53. The molecule has 28 heavy (non-hydrogen) atoms. The molecular weight excluding hydrogens is 352 g/mol. The zero-order valence-electron chi connectivity index (χ0n) is 16.9. The Morgan fingerprint density at radius 3 is 2.39 bits per heavy atom. The van der Waals surface area contributed by atoms with Crippen molar-refractivity contribution in [1.82, 2.24) is 4.90 Å². The fourth-order valence-electron chi connectivity index (χ4n) is 3.23. The first-order chi connectivity index (χ1) is 13.7. The summed E-state index contributed by atoms with van der Waals surface area (Å²) in [4.78, 5) is 16.8. The lowest BCUT2D eigenvalue weighted by atomic mass is 10.1. The van der Waals surface area contributed by atoms with E-state index in [9.17, 15) is 4.79 Å². The van der Waals surface area contributed by atoms with Crippen LogP contribution in [0.15, 0.2) is 48.5 Å². The lowest BCUT2D eigenvalue weighted by Crippen LogP contribution is -2.36. The van der Waals surface area contributed by atoms with E-state index in [2.05, 4.69) is 36.1 Å². The number of rotatable bonds is 8. The van der Waals surface area contributed by atoms with E-state index in [1.807, 2.05) is 31.3 Å². The van der Waals surface area contributed by atoms with Gasteiger partial charge >= 0.3 is 0 Å². The van der Waals surface area contributed by atoms with Crippen LogP contribution in [0.1, 0.15) is 35.7 Å². The lowest BCUT2D eigenvalue weighted by Gasteiger charge is -2.29. The highest BCUT2D eigenvalue weighted by Crippen LogP contribution is 2.19. The largest absolute Gasteiger partial charge is 0.494 e. The Balaban J connectivity index is 1.54. The van der Waals surface area contributed by atoms with E-state index in [-0.39, 0.29) is 5.91 Å². The van der Waals surface area contributed by atoms with Crippen LogP contribution in [0, 0.1) is 0 Å². The molecule has 5 nitrogen and oxygen atoms in total. The van der Waals surface area contributed by atoms with Crippen LogP contribution < -0.4 is 9.64 Å². The minimum atomic E-state index is 0.0114. The molecule has 1 fully saturated rings. The molecule has 0 aromatic heterocycles. The number of amides is 1. The Morgan fingerprint density at radius 1 is 1.07 bits per heavy atom. The summed E-state index contributed by atoms with van der Waals surface area (Å²) in [7, 11) is 1.84. The number of hydrogen-bond acceptors (Lipinski definition) is 4. The first kappa shape index (κ1) is 20.2. The smallest absolute Gasteiger partial charge is 0.253 e. The molecule has 0 saturated carbocycles. The molecule has 0 spiro atoms. The first-order valence-electron chi connectivity index (χ1n) is 10.1. The van der Waals surface area contributed by atoms with Crippen LogP contribution in [0.3, 0.4) is 0 Å². The molecule has 3 rings (SSSR count). The van der Waals surface area contributed by atoms with Gasteiger partial charge in [0, 0.05) is 37.9 Å². The van der Waals surface area contributed by atoms with Crippen LogP contribution in [0.25, 0.3) is 0 Å². The summed E-state index contributed by atoms with van der Waals surface area (Å²) < 4.78 is 11.1. The molecule has 0 unspecified atom stereocenters. The first-order valence-corrected chi connectivity index (χ1v) is 10.1. The minimum absolute atomic E-state index is 0.0114. The summed E-state index contributed by atoms with van der Waals surface area (Å²) in [6, 6.07) is 15.9. The van der Waals surface area contributed by atoms with Gasteiger partial charge in [-0.25, -0.2) is 0 Å². The van der Waals surface area contributed by atoms with Gasteiger partial charge in [0.05, 0.1) is 19.8 Å². The number of hydrogen-bond donors (Lipinski definition) is 0. The molecule has 1 aliphatic heterocycles. The van der Waals surface area contributed by atoms with Crippen molar-refractivity contribution < 1.29 is 14.3 Å². The number of unbranched alkanes of at least 4 members (excludes halogenated alkanes) is 1. The second-order valence-electron chi connectivity index (χ2n) is 7.15. The summed E-state index contributed by atoms with van der Waals surface area (Å²) in [5.41, 5.74) is 3.00. The number of carbonyl (C=O) groups excluding carboxylic acids is 1. The van der Waals surface area contributed by atoms with Crippen molar-refractivity contribution in [1.29, 1.82) is 0 Å². The van der Waals surface area contributed by atoms with Crippen LogP contribution in [0.5, 0.6) is 5.75 Å². The second kappa shape index (κ2) is 10.1. The maximum Gasteiger partial charge on any atom is 0.253 e. The molecule has 0 radical (unpaired) electrons. The molecule has 0 bridgehead atoms. The van der Waals surface area contributed by atoms with Gasteiger partial charge in [0.1, 0.15) is 5.75 Å². The molecule has 0 atom stereocenters. The van der Waals surface area contributed by atoms with Gasteiger partial charge in [-0.05, 0) is 48.4 Å². The highest BCUT2D eigenvalue weighted by Gasteiger charge is 2.14. The molecule has 0 N–H and O–H groups in total. The fraction of sp³-hybridized carbons (Fsp3) is 0.435. The average Bonchev–Trinajstić information content (AvgIpc) is 2.75. The van der Waals surface area contributed by atoms with Gasteiger partial charge < -0.3 is 19.3 Å². The van der Waals surface area contributed by atoms with Crippen molar-refractivity contribution in [3.05, 3.63) is 59.7 Å². The van der Waals surface area contributed by atoms with E-state index in [4.69, 9.17) is 9.47 Å². The number of ether oxygens (including phenoxy) is 2. The molecule has 2 aromatic rings. The molecule has 1 heterocycles. The highest BCUT2D eigenvalue weighted by atomic mass is 16.5. The van der Waals surface area contributed by atoms with Crippen molar-refractivity contribution in [2.75, 3.05) is 44.9 Å². The zero-order valence-corrected chi connectivity index (χ0v) is 16.9. The number of carbonyl (C=O) groups is 1. The van der Waals surface area contributed by atoms with Crippen LogP contribution in [-0.4, -0.2) is 50.8 Å². The van der Waals surface area contributed by atoms with Gasteiger partial charge in [-0.3, -0.25) is 4.79 Å². The molecule has 5 heteroatoms. The third-order valence-electron chi connectivity index (χ3n) is 4.95. The van der Waals surface area contributed by atoms with Crippen molar-refractivity contribution in [3.63, 3.8) is 0 Å². The quantitative estimate of drug-likeness (QED) is 0.648. The van der Waals surface area contributed by atoms with Crippen molar-refractivity contribution in [2.45, 2.75) is 26.3 Å². The Kier molecular flexibility index (Phi) is 7.31. The second-order valence-corrected chi connectivity index (χ2v) is 7.15. The number of nitrogens with zero attached hydrogens (tertiary/aromatic N) is 2. The van der Waals surface area contributed by atoms with Crippen molar-refractivity contribution in [3.8, 4) is 5.75 Å². The third-order valence-corrected chi connectivity index (χ3v) is 4.95. The van der Waals surface area contributed by atoms with Gasteiger partial charge in [0.15, 0.2) is 0 Å². The van der Waals surface area contributed by atoms with Crippen LogP contribution in [-0.2, 0) is 11.3 Å². The standard InChI is InChI=1S/C23H30N2O3/c1-3-4-15-28-22-11-7-20(8-12-22)23(26)24(2)18-19-5-9-21(10-6-19)25-13-16-27-17-14-25/h5-12H,3-4,13-18H2,1-2H3. The average molecular weight is 383 g/mol. The Bertz CT molecular complexity index is 737. The SMILES string of the molecule is CCCCOc1ccc(C(=O)N(C)Cc2ccc(N3CCOCC3)cc2)cc1. The van der Waals surface area contributed by atoms with Crippen molar-refractivity contribution >= 4 is 11.6 Å². The zero-order chi connectivity index (χ0) is 19.8. The summed E-state index contributed by atoms with van der Waals surface area (Å²) in [6.45, 7) is 6.84. The fourth-order valence-corrected chi connectivity index (χ4v) is 3.23. The Labute approximate surface area is 167 Å². The maximum atomic E-state index is 12.7. The lowest BCUT2D eigenvalue weighted by molar-refractivity contribution is 0.0785. The van der Waals surface area contributed by atoms with E-state index >= 15 is 0 Å². The predicted octanol–water partition coefficient (Wildman–Crippen LogP) is 3.97. The van der Waals surface area contributed by atoms with Gasteiger partial charge in [0.2, 0.25) is 0 Å². The minimum Gasteiger partial charge on any atom is -0.494 e. The summed E-state index contributed by atoms with van der Waals surface area (Å²) in [5, 5.41) is 0. The van der Waals surface area contributed by atoms with Crippen LogP contribution >= 0.6 is 0 Å². The number of benzene rings is 2. The summed E-state index contributed by atoms with van der Waals surface area (Å²) >= 11 is 0. The van der Waals surface area contributed by atoms with Crippen LogP contribution in [0.2, 0.25) is 0 Å². The summed E-state index contributed by atoms with van der Waals surface area (Å²) in [6.07, 6.45) is 2.14. The van der Waals surface area contributed by atoms with Gasteiger partial charge in [-0.2, -0.15) is 0 Å². The van der Waals surface area contributed by atoms with Crippen molar-refractivity contribution in [2.24, 2.45) is 0 Å². The van der Waals surface area contributed by atoms with E-state index in [1.54, 1.807) is 4.90 Å². The topological polar surface area (TPSA) is 42.0 Å². The number of anilines is 1. The molecule has 1 amide bonds. The van der Waals surface area contributed by atoms with E-state index in [0.717, 1.165) is 50.5 Å². The van der Waals surface area contributed by atoms with Gasteiger partial charge in [0.25, 0.3) is 5.91 Å². The molecule has 1 aliphatic rings. The van der Waals surface area contributed by atoms with Gasteiger partial charge in [-0.1, -0.05) is 25.5 Å². The monoisotopic (exact) mass is 382 g/mol. The van der Waals surface area contributed by atoms with E-state index in [0.29, 0.717) is 18.7 Å². The normalized spacial score (nSPS) is 14.0. The van der Waals surface area contributed by atoms with Crippen LogP contribution in [0.4, 0.5) is 5.69 Å². The predicted molar refractivity (Wildman–Crippen MR) is 112 cm³/mol. The Morgan fingerprint density at radius 2 is 1.75 bits per heavy atom. The summed E-state index contributed by atoms with van der Waals surface area (Å²) in [5.74, 6) is 0.823.